The summed E-state index contributed by atoms with van der Waals surface area (Å²) < 4.78 is 5.70. The fourth-order valence-corrected chi connectivity index (χ4v) is 2.19. The second-order valence-electron chi connectivity index (χ2n) is 5.07. The summed E-state index contributed by atoms with van der Waals surface area (Å²) in [5.41, 5.74) is 1.77. The Morgan fingerprint density at radius 1 is 1.26 bits per heavy atom. The average molecular weight is 363 g/mol. The lowest BCUT2D eigenvalue weighted by atomic mass is 10.2. The van der Waals surface area contributed by atoms with Gasteiger partial charge in [-0.1, -0.05) is 0 Å². The quantitative estimate of drug-likeness (QED) is 0.776. The Kier molecular flexibility index (Phi) is 5.72. The Bertz CT molecular complexity index is 1110. The second kappa shape index (κ2) is 8.15. The Morgan fingerprint density at radius 2 is 1.96 bits per heavy atom. The number of ether oxygens (including phenoxy) is 1. The minimum atomic E-state index is -0.805. The van der Waals surface area contributed by atoms with Gasteiger partial charge in [0.25, 0.3) is 5.56 Å². The van der Waals surface area contributed by atoms with Gasteiger partial charge in [-0.2, -0.15) is 20.5 Å². The number of aromatic nitrogens is 2. The van der Waals surface area contributed by atoms with Crippen LogP contribution in [0.25, 0.3) is 10.9 Å². The molecule has 0 fully saturated rings. The highest BCUT2D eigenvalue weighted by Gasteiger charge is 2.13. The van der Waals surface area contributed by atoms with Gasteiger partial charge in [-0.25, -0.2) is 15.2 Å². The molecule has 1 aromatic heterocycles. The van der Waals surface area contributed by atoms with Crippen LogP contribution >= 0.6 is 0 Å². The zero-order valence-electron chi connectivity index (χ0n) is 14.4. The standard InChI is InChI=1S/C17H13N7O3/c1-3-27-17(26)23-24-10(2)21-14-5-4-12(6-13(14)16(24)25)22-15(9-20)11(7-18)8-19/h4-6,22H,3H2,1-2H3,(H,23,26). The molecule has 0 bridgehead atoms. The molecule has 1 amide bonds. The molecule has 2 N–H and O–H groups in total. The van der Waals surface area contributed by atoms with E-state index in [0.29, 0.717) is 11.2 Å². The predicted octanol–water partition coefficient (Wildman–Crippen LogP) is 1.64. The number of amides is 1. The monoisotopic (exact) mass is 363 g/mol. The van der Waals surface area contributed by atoms with Gasteiger partial charge < -0.3 is 10.1 Å². The van der Waals surface area contributed by atoms with E-state index in [1.165, 1.54) is 12.1 Å². The van der Waals surface area contributed by atoms with Crippen LogP contribution in [-0.2, 0) is 4.74 Å². The van der Waals surface area contributed by atoms with Crippen LogP contribution in [0, 0.1) is 40.9 Å². The van der Waals surface area contributed by atoms with Crippen LogP contribution in [0.4, 0.5) is 10.5 Å². The molecule has 0 saturated carbocycles. The lowest BCUT2D eigenvalue weighted by molar-refractivity contribution is 0.164. The third-order valence-electron chi connectivity index (χ3n) is 3.37. The van der Waals surface area contributed by atoms with Crippen LogP contribution in [0.2, 0.25) is 0 Å². The second-order valence-corrected chi connectivity index (χ2v) is 5.07. The Labute approximate surface area is 153 Å². The largest absolute Gasteiger partial charge is 0.449 e. The highest BCUT2D eigenvalue weighted by atomic mass is 16.6. The molecule has 1 aromatic carbocycles. The van der Waals surface area contributed by atoms with Crippen LogP contribution in [0.5, 0.6) is 0 Å². The maximum atomic E-state index is 12.7. The molecule has 1 heterocycles. The lowest BCUT2D eigenvalue weighted by Crippen LogP contribution is -2.35. The first-order valence-corrected chi connectivity index (χ1v) is 7.64. The number of nitriles is 3. The topological polar surface area (TPSA) is 157 Å². The molecule has 0 aliphatic heterocycles. The molecule has 10 nitrogen and oxygen atoms in total. The average Bonchev–Trinajstić information content (AvgIpc) is 2.66. The van der Waals surface area contributed by atoms with Crippen molar-refractivity contribution in [3.05, 3.63) is 45.6 Å². The fourth-order valence-electron chi connectivity index (χ4n) is 2.19. The zero-order valence-corrected chi connectivity index (χ0v) is 14.4. The number of hydrogen-bond donors (Lipinski definition) is 2. The van der Waals surface area contributed by atoms with E-state index in [2.05, 4.69) is 15.7 Å². The van der Waals surface area contributed by atoms with Crippen molar-refractivity contribution in [1.82, 2.24) is 9.66 Å². The summed E-state index contributed by atoms with van der Waals surface area (Å²) in [6, 6.07) is 9.44. The van der Waals surface area contributed by atoms with Crippen LogP contribution in [0.15, 0.2) is 34.3 Å². The van der Waals surface area contributed by atoms with Crippen molar-refractivity contribution < 1.29 is 9.53 Å². The van der Waals surface area contributed by atoms with Crippen molar-refractivity contribution >= 4 is 22.7 Å². The number of nitrogens with one attached hydrogen (secondary N) is 2. The fraction of sp³-hybridized carbons (Fsp3) is 0.176. The number of hydrogen-bond acceptors (Lipinski definition) is 8. The molecular formula is C17H13N7O3. The van der Waals surface area contributed by atoms with E-state index >= 15 is 0 Å². The third-order valence-corrected chi connectivity index (χ3v) is 3.37. The number of allylic oxidation sites excluding steroid dienone is 2. The molecular weight excluding hydrogens is 350 g/mol. The highest BCUT2D eigenvalue weighted by molar-refractivity contribution is 5.83. The van der Waals surface area contributed by atoms with E-state index in [1.807, 2.05) is 0 Å². The summed E-state index contributed by atoms with van der Waals surface area (Å²) in [6.45, 7) is 3.31. The predicted molar refractivity (Wildman–Crippen MR) is 94.6 cm³/mol. The normalized spacial score (nSPS) is 9.44. The summed E-state index contributed by atoms with van der Waals surface area (Å²) >= 11 is 0. The van der Waals surface area contributed by atoms with Crippen LogP contribution in [0.3, 0.4) is 0 Å². The summed E-state index contributed by atoms with van der Waals surface area (Å²) in [6.07, 6.45) is -0.805. The SMILES string of the molecule is CCOC(=O)Nn1c(C)nc2ccc(NC(C#N)=C(C#N)C#N)cc2c1=O. The summed E-state index contributed by atoms with van der Waals surface area (Å²) in [7, 11) is 0. The molecule has 0 saturated heterocycles. The van der Waals surface area contributed by atoms with Crippen LogP contribution in [0.1, 0.15) is 12.7 Å². The van der Waals surface area contributed by atoms with E-state index in [-0.39, 0.29) is 29.1 Å². The third kappa shape index (κ3) is 4.01. The van der Waals surface area contributed by atoms with Crippen molar-refractivity contribution in [2.24, 2.45) is 0 Å². The number of anilines is 1. The van der Waals surface area contributed by atoms with Crippen molar-refractivity contribution in [1.29, 1.82) is 15.8 Å². The van der Waals surface area contributed by atoms with Gasteiger partial charge in [0.2, 0.25) is 0 Å². The number of rotatable bonds is 4. The van der Waals surface area contributed by atoms with Gasteiger partial charge in [-0.05, 0) is 32.0 Å². The summed E-state index contributed by atoms with van der Waals surface area (Å²) in [5.74, 6) is 0.245. The molecule has 27 heavy (non-hydrogen) atoms. The molecule has 0 aliphatic carbocycles. The van der Waals surface area contributed by atoms with E-state index in [0.717, 1.165) is 4.68 Å². The van der Waals surface area contributed by atoms with E-state index in [1.54, 1.807) is 38.1 Å². The zero-order chi connectivity index (χ0) is 20.0. The smallest absolute Gasteiger partial charge is 0.426 e. The van der Waals surface area contributed by atoms with E-state index in [4.69, 9.17) is 20.5 Å². The van der Waals surface area contributed by atoms with Crippen molar-refractivity contribution in [2.75, 3.05) is 17.3 Å². The molecule has 0 radical (unpaired) electrons. The van der Waals surface area contributed by atoms with Gasteiger partial charge in [-0.15, -0.1) is 0 Å². The number of aryl methyl sites for hydroxylation is 1. The number of nitrogens with zero attached hydrogens (tertiary/aromatic N) is 5. The Balaban J connectivity index is 2.54. The molecule has 134 valence electrons. The van der Waals surface area contributed by atoms with Gasteiger partial charge in [0.1, 0.15) is 29.7 Å². The highest BCUT2D eigenvalue weighted by Crippen LogP contribution is 2.17. The van der Waals surface area contributed by atoms with E-state index < -0.39 is 11.7 Å². The Hall–Kier alpha value is -4.36. The first-order chi connectivity index (χ1) is 12.9. The Morgan fingerprint density at radius 3 is 2.56 bits per heavy atom. The molecule has 2 rings (SSSR count). The number of carbonyl (C=O) groups excluding carboxylic acids is 1. The minimum Gasteiger partial charge on any atom is -0.449 e. The van der Waals surface area contributed by atoms with Crippen molar-refractivity contribution in [3.63, 3.8) is 0 Å². The van der Waals surface area contributed by atoms with Gasteiger partial charge >= 0.3 is 6.09 Å². The number of benzene rings is 1. The molecule has 10 heteroatoms. The van der Waals surface area contributed by atoms with Crippen molar-refractivity contribution in [2.45, 2.75) is 13.8 Å². The maximum absolute atomic E-state index is 12.7. The van der Waals surface area contributed by atoms with Crippen molar-refractivity contribution in [3.8, 4) is 18.2 Å². The number of carbonyl (C=O) groups is 1. The van der Waals surface area contributed by atoms with Crippen LogP contribution in [-0.4, -0.2) is 22.4 Å². The summed E-state index contributed by atoms with van der Waals surface area (Å²) in [5, 5.41) is 29.6. The number of fused-ring (bicyclic) bond motifs is 1. The minimum absolute atomic E-state index is 0.137. The van der Waals surface area contributed by atoms with Gasteiger partial charge in [0, 0.05) is 5.69 Å². The lowest BCUT2D eigenvalue weighted by Gasteiger charge is -2.12. The van der Waals surface area contributed by atoms with Gasteiger partial charge in [0.15, 0.2) is 5.57 Å². The first kappa shape index (κ1) is 19.0. The maximum Gasteiger partial charge on any atom is 0.426 e. The molecule has 2 aromatic rings. The molecule has 0 spiro atoms. The van der Waals surface area contributed by atoms with Gasteiger partial charge in [0.05, 0.1) is 17.5 Å². The molecule has 0 aliphatic rings. The first-order valence-electron chi connectivity index (χ1n) is 7.64. The van der Waals surface area contributed by atoms with E-state index in [9.17, 15) is 9.59 Å². The van der Waals surface area contributed by atoms with Gasteiger partial charge in [-0.3, -0.25) is 4.79 Å². The molecule has 0 atom stereocenters. The summed E-state index contributed by atoms with van der Waals surface area (Å²) in [4.78, 5) is 28.5. The van der Waals surface area contributed by atoms with Crippen LogP contribution < -0.4 is 16.3 Å². The molecule has 0 unspecified atom stereocenters.